The molecule has 0 radical (unpaired) electrons. The zero-order valence-corrected chi connectivity index (χ0v) is 17.5. The van der Waals surface area contributed by atoms with E-state index < -0.39 is 0 Å². The molecule has 0 amide bonds. The second-order valence-corrected chi connectivity index (χ2v) is 9.39. The van der Waals surface area contributed by atoms with Gasteiger partial charge in [0.25, 0.3) is 0 Å². The summed E-state index contributed by atoms with van der Waals surface area (Å²) in [5.41, 5.74) is 1.13. The summed E-state index contributed by atoms with van der Waals surface area (Å²) in [5, 5.41) is 0. The predicted octanol–water partition coefficient (Wildman–Crippen LogP) is 7.21. The van der Waals surface area contributed by atoms with Crippen molar-refractivity contribution in [1.29, 1.82) is 0 Å². The molecule has 4 unspecified atom stereocenters. The zero-order valence-electron chi connectivity index (χ0n) is 17.5. The molecule has 0 saturated heterocycles. The van der Waals surface area contributed by atoms with Crippen molar-refractivity contribution in [3.8, 4) is 0 Å². The summed E-state index contributed by atoms with van der Waals surface area (Å²) in [7, 11) is 0. The van der Waals surface area contributed by atoms with Crippen molar-refractivity contribution in [2.24, 2.45) is 35.5 Å². The average Bonchev–Trinajstić information content (AvgIpc) is 2.55. The van der Waals surface area contributed by atoms with E-state index in [9.17, 15) is 4.79 Å². The Bertz CT molecular complexity index is 447. The van der Waals surface area contributed by atoms with E-state index in [1.807, 2.05) is 0 Å². The highest BCUT2D eigenvalue weighted by molar-refractivity contribution is 5.95. The minimum atomic E-state index is 0.468. The lowest BCUT2D eigenvalue weighted by molar-refractivity contribution is -0.119. The second-order valence-electron chi connectivity index (χ2n) is 9.39. The average molecular weight is 347 g/mol. The fourth-order valence-electron chi connectivity index (χ4n) is 5.49. The van der Waals surface area contributed by atoms with Crippen molar-refractivity contribution in [2.75, 3.05) is 0 Å². The van der Waals surface area contributed by atoms with E-state index in [1.165, 1.54) is 32.1 Å². The SMILES string of the molecule is CCC/C=C(\CCC)C(=O)CC1CCC1C1CC(C)CC[C@H]1C(C)C. The van der Waals surface area contributed by atoms with Crippen LogP contribution in [-0.2, 0) is 4.79 Å². The Morgan fingerprint density at radius 1 is 1.04 bits per heavy atom. The molecule has 2 fully saturated rings. The molecule has 0 N–H and O–H groups in total. The van der Waals surface area contributed by atoms with Gasteiger partial charge in [-0.2, -0.15) is 0 Å². The van der Waals surface area contributed by atoms with Gasteiger partial charge < -0.3 is 0 Å². The van der Waals surface area contributed by atoms with Crippen LogP contribution in [0.2, 0.25) is 0 Å². The molecule has 144 valence electrons. The molecule has 1 nitrogen and oxygen atoms in total. The maximum Gasteiger partial charge on any atom is 0.158 e. The molecule has 0 aromatic rings. The minimum Gasteiger partial charge on any atom is -0.295 e. The molecule has 0 aliphatic heterocycles. The van der Waals surface area contributed by atoms with Gasteiger partial charge in [-0.05, 0) is 79.6 Å². The first-order valence-electron chi connectivity index (χ1n) is 11.2. The Balaban J connectivity index is 1.99. The van der Waals surface area contributed by atoms with Crippen molar-refractivity contribution in [2.45, 2.75) is 98.8 Å². The van der Waals surface area contributed by atoms with E-state index >= 15 is 0 Å². The van der Waals surface area contributed by atoms with Crippen LogP contribution < -0.4 is 0 Å². The van der Waals surface area contributed by atoms with Crippen molar-refractivity contribution in [3.05, 3.63) is 11.6 Å². The first kappa shape index (κ1) is 20.7. The van der Waals surface area contributed by atoms with E-state index in [2.05, 4.69) is 40.7 Å². The third-order valence-electron chi connectivity index (χ3n) is 7.10. The van der Waals surface area contributed by atoms with Gasteiger partial charge in [0.1, 0.15) is 0 Å². The number of Topliss-reactive ketones (excluding diaryl/α,β-unsaturated/α-hetero) is 1. The molecule has 0 spiro atoms. The molecular formula is C24H42O. The number of ketones is 1. The topological polar surface area (TPSA) is 17.1 Å². The van der Waals surface area contributed by atoms with E-state index in [-0.39, 0.29) is 0 Å². The number of hydrogen-bond donors (Lipinski definition) is 0. The number of unbranched alkanes of at least 4 members (excludes halogenated alkanes) is 1. The smallest absolute Gasteiger partial charge is 0.158 e. The van der Waals surface area contributed by atoms with Crippen molar-refractivity contribution < 1.29 is 4.79 Å². The highest BCUT2D eigenvalue weighted by atomic mass is 16.1. The lowest BCUT2D eigenvalue weighted by Crippen LogP contribution is -2.41. The molecule has 2 rings (SSSR count). The largest absolute Gasteiger partial charge is 0.295 e. The number of hydrogen-bond acceptors (Lipinski definition) is 1. The molecular weight excluding hydrogens is 304 g/mol. The maximum atomic E-state index is 12.9. The summed E-state index contributed by atoms with van der Waals surface area (Å²) in [6, 6.07) is 0. The van der Waals surface area contributed by atoms with Crippen LogP contribution in [0.25, 0.3) is 0 Å². The fraction of sp³-hybridized carbons (Fsp3) is 0.875. The summed E-state index contributed by atoms with van der Waals surface area (Å²) in [5.74, 6) is 5.43. The van der Waals surface area contributed by atoms with Gasteiger partial charge in [0.05, 0.1) is 0 Å². The van der Waals surface area contributed by atoms with Gasteiger partial charge >= 0.3 is 0 Å². The van der Waals surface area contributed by atoms with Crippen LogP contribution in [0.4, 0.5) is 0 Å². The Morgan fingerprint density at radius 3 is 2.36 bits per heavy atom. The van der Waals surface area contributed by atoms with Gasteiger partial charge in [0.2, 0.25) is 0 Å². The lowest BCUT2D eigenvalue weighted by atomic mass is 9.56. The summed E-state index contributed by atoms with van der Waals surface area (Å²) >= 11 is 0. The highest BCUT2D eigenvalue weighted by Gasteiger charge is 2.43. The molecule has 2 aliphatic carbocycles. The molecule has 0 aromatic heterocycles. The molecule has 0 bridgehead atoms. The zero-order chi connectivity index (χ0) is 18.4. The Morgan fingerprint density at radius 2 is 1.80 bits per heavy atom. The Kier molecular flexibility index (Phi) is 8.23. The first-order chi connectivity index (χ1) is 12.0. The number of carbonyl (C=O) groups excluding carboxylic acids is 1. The van der Waals surface area contributed by atoms with Gasteiger partial charge in [0, 0.05) is 6.42 Å². The van der Waals surface area contributed by atoms with Gasteiger partial charge in [-0.3, -0.25) is 4.79 Å². The first-order valence-corrected chi connectivity index (χ1v) is 11.2. The van der Waals surface area contributed by atoms with E-state index in [4.69, 9.17) is 0 Å². The van der Waals surface area contributed by atoms with E-state index in [0.29, 0.717) is 11.7 Å². The molecule has 2 aliphatic rings. The van der Waals surface area contributed by atoms with Crippen LogP contribution in [0, 0.1) is 35.5 Å². The Labute approximate surface area is 157 Å². The van der Waals surface area contributed by atoms with Crippen molar-refractivity contribution in [3.63, 3.8) is 0 Å². The summed E-state index contributed by atoms with van der Waals surface area (Å²) in [6.07, 6.45) is 14.2. The molecule has 0 aromatic carbocycles. The lowest BCUT2D eigenvalue weighted by Gasteiger charge is -2.49. The van der Waals surface area contributed by atoms with Crippen molar-refractivity contribution >= 4 is 5.78 Å². The van der Waals surface area contributed by atoms with Crippen LogP contribution in [-0.4, -0.2) is 5.78 Å². The second kappa shape index (κ2) is 9.93. The molecule has 5 atom stereocenters. The molecule has 2 saturated carbocycles. The summed E-state index contributed by atoms with van der Waals surface area (Å²) < 4.78 is 0. The van der Waals surface area contributed by atoms with Gasteiger partial charge in [-0.15, -0.1) is 0 Å². The van der Waals surface area contributed by atoms with Crippen LogP contribution in [0.3, 0.4) is 0 Å². The summed E-state index contributed by atoms with van der Waals surface area (Å²) in [4.78, 5) is 12.9. The third kappa shape index (κ3) is 5.44. The summed E-state index contributed by atoms with van der Waals surface area (Å²) in [6.45, 7) is 11.7. The molecule has 25 heavy (non-hydrogen) atoms. The molecule has 0 heterocycles. The fourth-order valence-corrected chi connectivity index (χ4v) is 5.49. The number of rotatable bonds is 9. The van der Waals surface area contributed by atoms with E-state index in [1.54, 1.807) is 0 Å². The third-order valence-corrected chi connectivity index (χ3v) is 7.10. The Hall–Kier alpha value is -0.590. The quantitative estimate of drug-likeness (QED) is 0.403. The minimum absolute atomic E-state index is 0.468. The van der Waals surface area contributed by atoms with Gasteiger partial charge in [-0.1, -0.05) is 60.0 Å². The predicted molar refractivity (Wildman–Crippen MR) is 109 cm³/mol. The maximum absolute atomic E-state index is 12.9. The standard InChI is InChI=1S/C24H42O/c1-6-8-10-19(9-7-2)24(25)16-20-12-14-22(20)23-15-18(5)11-13-21(23)17(3)4/h10,17-18,20-23H,6-9,11-16H2,1-5H3/b19-10+/t18?,20?,21-,22?,23?/m0/s1. The number of carbonyl (C=O) groups is 1. The highest BCUT2D eigenvalue weighted by Crippen LogP contribution is 2.51. The van der Waals surface area contributed by atoms with Gasteiger partial charge in [-0.25, -0.2) is 0 Å². The van der Waals surface area contributed by atoms with Crippen LogP contribution >= 0.6 is 0 Å². The van der Waals surface area contributed by atoms with Gasteiger partial charge in [0.15, 0.2) is 5.78 Å². The molecule has 1 heteroatoms. The van der Waals surface area contributed by atoms with Crippen LogP contribution in [0.5, 0.6) is 0 Å². The van der Waals surface area contributed by atoms with Crippen molar-refractivity contribution in [1.82, 2.24) is 0 Å². The van der Waals surface area contributed by atoms with Crippen LogP contribution in [0.1, 0.15) is 98.8 Å². The number of allylic oxidation sites excluding steroid dienone is 2. The van der Waals surface area contributed by atoms with E-state index in [0.717, 1.165) is 67.3 Å². The van der Waals surface area contributed by atoms with Crippen LogP contribution in [0.15, 0.2) is 11.6 Å². The normalized spacial score (nSPS) is 33.4. The monoisotopic (exact) mass is 346 g/mol.